The van der Waals surface area contributed by atoms with Crippen LogP contribution in [0, 0.1) is 0 Å². The molecule has 1 aromatic heterocycles. The smallest absolute Gasteiger partial charge is 0.225 e. The lowest BCUT2D eigenvalue weighted by Gasteiger charge is -2.09. The zero-order chi connectivity index (χ0) is 18.1. The standard InChI is InChI=1S/C18H22N4O3/c1-4-11-19-16-8-9-17(22-21-16)20-18(23)10-6-13-5-7-14(24-2)15(12-13)25-3/h4-5,7-9,12H,1,6,10-11H2,2-3H3,(H,19,21)(H,20,22,23). The summed E-state index contributed by atoms with van der Waals surface area (Å²) in [6.45, 7) is 4.22. The van der Waals surface area contributed by atoms with Crippen molar-refractivity contribution in [1.82, 2.24) is 10.2 Å². The van der Waals surface area contributed by atoms with E-state index in [9.17, 15) is 4.79 Å². The van der Waals surface area contributed by atoms with E-state index in [0.29, 0.717) is 42.5 Å². The summed E-state index contributed by atoms with van der Waals surface area (Å²) in [4.78, 5) is 12.1. The van der Waals surface area contributed by atoms with Crippen LogP contribution in [-0.2, 0) is 11.2 Å². The molecule has 2 N–H and O–H groups in total. The molecule has 25 heavy (non-hydrogen) atoms. The Balaban J connectivity index is 1.87. The summed E-state index contributed by atoms with van der Waals surface area (Å²) in [5.74, 6) is 2.23. The van der Waals surface area contributed by atoms with E-state index in [2.05, 4.69) is 27.4 Å². The van der Waals surface area contributed by atoms with Gasteiger partial charge in [-0.3, -0.25) is 4.79 Å². The zero-order valence-corrected chi connectivity index (χ0v) is 14.4. The van der Waals surface area contributed by atoms with Gasteiger partial charge in [0.15, 0.2) is 17.3 Å². The predicted molar refractivity (Wildman–Crippen MR) is 97.2 cm³/mol. The number of nitrogens with one attached hydrogen (secondary N) is 2. The minimum absolute atomic E-state index is 0.129. The van der Waals surface area contributed by atoms with Gasteiger partial charge in [0.25, 0.3) is 0 Å². The summed E-state index contributed by atoms with van der Waals surface area (Å²) in [5.41, 5.74) is 0.989. The fraction of sp³-hybridized carbons (Fsp3) is 0.278. The lowest BCUT2D eigenvalue weighted by atomic mass is 10.1. The van der Waals surface area contributed by atoms with E-state index in [1.165, 1.54) is 0 Å². The lowest BCUT2D eigenvalue weighted by Crippen LogP contribution is -2.14. The van der Waals surface area contributed by atoms with E-state index in [4.69, 9.17) is 9.47 Å². The molecule has 0 saturated carbocycles. The Morgan fingerprint density at radius 1 is 1.12 bits per heavy atom. The maximum atomic E-state index is 12.1. The fourth-order valence-electron chi connectivity index (χ4n) is 2.17. The molecule has 7 heteroatoms. The average molecular weight is 342 g/mol. The molecule has 0 aliphatic heterocycles. The number of nitrogens with zero attached hydrogens (tertiary/aromatic N) is 2. The number of amides is 1. The molecule has 7 nitrogen and oxygen atoms in total. The Bertz CT molecular complexity index is 717. The summed E-state index contributed by atoms with van der Waals surface area (Å²) >= 11 is 0. The second-order valence-electron chi connectivity index (χ2n) is 5.21. The van der Waals surface area contributed by atoms with Crippen LogP contribution in [0.1, 0.15) is 12.0 Å². The average Bonchev–Trinajstić information content (AvgIpc) is 2.65. The van der Waals surface area contributed by atoms with Gasteiger partial charge in [-0.25, -0.2) is 0 Å². The molecule has 0 unspecified atom stereocenters. The lowest BCUT2D eigenvalue weighted by molar-refractivity contribution is -0.116. The summed E-state index contributed by atoms with van der Waals surface area (Å²) in [5, 5.41) is 13.7. The number of aryl methyl sites for hydroxylation is 1. The highest BCUT2D eigenvalue weighted by atomic mass is 16.5. The van der Waals surface area contributed by atoms with Crippen LogP contribution in [0.25, 0.3) is 0 Å². The Morgan fingerprint density at radius 2 is 1.84 bits per heavy atom. The van der Waals surface area contributed by atoms with E-state index >= 15 is 0 Å². The largest absolute Gasteiger partial charge is 0.493 e. The molecule has 132 valence electrons. The molecular weight excluding hydrogens is 320 g/mol. The zero-order valence-electron chi connectivity index (χ0n) is 14.4. The highest BCUT2D eigenvalue weighted by Gasteiger charge is 2.08. The van der Waals surface area contributed by atoms with Gasteiger partial charge in [0.05, 0.1) is 14.2 Å². The molecule has 0 bridgehead atoms. The Morgan fingerprint density at radius 3 is 2.48 bits per heavy atom. The molecule has 0 aliphatic rings. The topological polar surface area (TPSA) is 85.4 Å². The van der Waals surface area contributed by atoms with Crippen molar-refractivity contribution in [2.45, 2.75) is 12.8 Å². The number of carbonyl (C=O) groups excluding carboxylic acids is 1. The summed E-state index contributed by atoms with van der Waals surface area (Å²) in [6.07, 6.45) is 2.64. The van der Waals surface area contributed by atoms with Crippen molar-refractivity contribution < 1.29 is 14.3 Å². The van der Waals surface area contributed by atoms with E-state index in [1.54, 1.807) is 32.4 Å². The molecule has 1 aromatic carbocycles. The number of rotatable bonds is 9. The van der Waals surface area contributed by atoms with Crippen molar-refractivity contribution in [2.24, 2.45) is 0 Å². The van der Waals surface area contributed by atoms with Gasteiger partial charge < -0.3 is 20.1 Å². The predicted octanol–water partition coefficient (Wildman–Crippen LogP) is 2.66. The first-order valence-corrected chi connectivity index (χ1v) is 7.85. The van der Waals surface area contributed by atoms with Crippen LogP contribution in [0.4, 0.5) is 11.6 Å². The van der Waals surface area contributed by atoms with Crippen LogP contribution >= 0.6 is 0 Å². The first-order chi connectivity index (χ1) is 12.2. The molecule has 0 saturated heterocycles. The second kappa shape index (κ2) is 9.27. The third-order valence-corrected chi connectivity index (χ3v) is 3.45. The first kappa shape index (κ1) is 18.3. The van der Waals surface area contributed by atoms with Gasteiger partial charge in [-0.2, -0.15) is 0 Å². The van der Waals surface area contributed by atoms with Gasteiger partial charge in [0, 0.05) is 13.0 Å². The van der Waals surface area contributed by atoms with E-state index < -0.39 is 0 Å². The minimum atomic E-state index is -0.129. The maximum absolute atomic E-state index is 12.1. The Kier molecular flexibility index (Phi) is 6.76. The van der Waals surface area contributed by atoms with Gasteiger partial charge in [0.2, 0.25) is 5.91 Å². The van der Waals surface area contributed by atoms with Crippen molar-refractivity contribution in [3.63, 3.8) is 0 Å². The van der Waals surface area contributed by atoms with Gasteiger partial charge in [0.1, 0.15) is 5.82 Å². The van der Waals surface area contributed by atoms with E-state index in [-0.39, 0.29) is 5.91 Å². The summed E-state index contributed by atoms with van der Waals surface area (Å²) in [6, 6.07) is 9.06. The highest BCUT2D eigenvalue weighted by molar-refractivity contribution is 5.89. The molecule has 2 rings (SSSR count). The monoisotopic (exact) mass is 342 g/mol. The molecule has 2 aromatic rings. The maximum Gasteiger partial charge on any atom is 0.225 e. The molecule has 0 fully saturated rings. The number of carbonyl (C=O) groups is 1. The van der Waals surface area contributed by atoms with Gasteiger partial charge in [-0.1, -0.05) is 12.1 Å². The third-order valence-electron chi connectivity index (χ3n) is 3.45. The second-order valence-corrected chi connectivity index (χ2v) is 5.21. The normalized spacial score (nSPS) is 10.0. The number of hydrogen-bond donors (Lipinski definition) is 2. The van der Waals surface area contributed by atoms with Crippen molar-refractivity contribution in [3.05, 3.63) is 48.6 Å². The summed E-state index contributed by atoms with van der Waals surface area (Å²) in [7, 11) is 3.17. The van der Waals surface area contributed by atoms with Crippen molar-refractivity contribution in [3.8, 4) is 11.5 Å². The SMILES string of the molecule is C=CCNc1ccc(NC(=O)CCc2ccc(OC)c(OC)c2)nn1. The number of aromatic nitrogens is 2. The number of benzene rings is 1. The van der Waals surface area contributed by atoms with Crippen LogP contribution in [0.3, 0.4) is 0 Å². The van der Waals surface area contributed by atoms with E-state index in [1.807, 2.05) is 18.2 Å². The van der Waals surface area contributed by atoms with Crippen molar-refractivity contribution >= 4 is 17.5 Å². The fourth-order valence-corrected chi connectivity index (χ4v) is 2.17. The number of hydrogen-bond acceptors (Lipinski definition) is 6. The van der Waals surface area contributed by atoms with Crippen LogP contribution in [0.2, 0.25) is 0 Å². The molecule has 0 spiro atoms. The van der Waals surface area contributed by atoms with Gasteiger partial charge in [-0.15, -0.1) is 16.8 Å². The van der Waals surface area contributed by atoms with Crippen molar-refractivity contribution in [1.29, 1.82) is 0 Å². The third kappa shape index (κ3) is 5.49. The Hall–Kier alpha value is -3.09. The van der Waals surface area contributed by atoms with Crippen LogP contribution in [0.5, 0.6) is 11.5 Å². The molecule has 0 radical (unpaired) electrons. The molecule has 1 amide bonds. The number of ether oxygens (including phenoxy) is 2. The van der Waals surface area contributed by atoms with Crippen molar-refractivity contribution in [2.75, 3.05) is 31.4 Å². The minimum Gasteiger partial charge on any atom is -0.493 e. The molecule has 1 heterocycles. The molecule has 0 aliphatic carbocycles. The number of anilines is 2. The quantitative estimate of drug-likeness (QED) is 0.682. The molecule has 0 atom stereocenters. The Labute approximate surface area is 147 Å². The van der Waals surface area contributed by atoms with Gasteiger partial charge >= 0.3 is 0 Å². The summed E-state index contributed by atoms with van der Waals surface area (Å²) < 4.78 is 10.5. The van der Waals surface area contributed by atoms with Crippen LogP contribution in [-0.4, -0.2) is 36.9 Å². The van der Waals surface area contributed by atoms with Crippen LogP contribution in [0.15, 0.2) is 43.0 Å². The van der Waals surface area contributed by atoms with E-state index in [0.717, 1.165) is 5.56 Å². The number of methoxy groups -OCH3 is 2. The first-order valence-electron chi connectivity index (χ1n) is 7.85. The molecular formula is C18H22N4O3. The van der Waals surface area contributed by atoms with Crippen LogP contribution < -0.4 is 20.1 Å². The highest BCUT2D eigenvalue weighted by Crippen LogP contribution is 2.27. The van der Waals surface area contributed by atoms with Gasteiger partial charge in [-0.05, 0) is 36.2 Å².